The molecule has 142 valence electrons. The Morgan fingerprint density at radius 2 is 2.00 bits per heavy atom. The molecule has 3 aromatic rings. The number of nitrogens with one attached hydrogen (secondary N) is 1. The van der Waals surface area contributed by atoms with Crippen molar-refractivity contribution in [2.24, 2.45) is 0 Å². The van der Waals surface area contributed by atoms with E-state index in [9.17, 15) is 19.7 Å². The highest BCUT2D eigenvalue weighted by atomic mass is 32.1. The van der Waals surface area contributed by atoms with Crippen LogP contribution in [0.1, 0.15) is 23.2 Å². The Labute approximate surface area is 163 Å². The summed E-state index contributed by atoms with van der Waals surface area (Å²) in [6.07, 6.45) is 1.34. The first-order chi connectivity index (χ1) is 13.5. The number of anilines is 1. The SMILES string of the molecule is O=C(Nc1nc2ccc([N+](=O)[O-])cc2s1)[C@@H]1CCCN1C(=O)c1ccccc1. The molecule has 2 heterocycles. The Morgan fingerprint density at radius 1 is 1.21 bits per heavy atom. The first-order valence-corrected chi connectivity index (χ1v) is 9.56. The standard InChI is InChI=1S/C19H16N4O4S/c24-17(15-7-4-10-22(15)18(25)12-5-2-1-3-6-12)21-19-20-14-9-8-13(23(26)27)11-16(14)28-19/h1-3,5-6,8-9,11,15H,4,7,10H2,(H,20,21,24)/t15-/m0/s1. The fourth-order valence-corrected chi connectivity index (χ4v) is 4.20. The number of aromatic nitrogens is 1. The molecule has 0 unspecified atom stereocenters. The van der Waals surface area contributed by atoms with E-state index in [2.05, 4.69) is 10.3 Å². The van der Waals surface area contributed by atoms with Gasteiger partial charge in [-0.1, -0.05) is 29.5 Å². The summed E-state index contributed by atoms with van der Waals surface area (Å²) in [4.78, 5) is 41.8. The predicted octanol–water partition coefficient (Wildman–Crippen LogP) is 3.45. The van der Waals surface area contributed by atoms with Gasteiger partial charge < -0.3 is 10.2 Å². The highest BCUT2D eigenvalue weighted by molar-refractivity contribution is 7.22. The number of fused-ring (bicyclic) bond motifs is 1. The first kappa shape index (κ1) is 18.1. The summed E-state index contributed by atoms with van der Waals surface area (Å²) >= 11 is 1.17. The maximum atomic E-state index is 12.8. The number of likely N-dealkylation sites (tertiary alicyclic amines) is 1. The molecule has 1 aliphatic rings. The van der Waals surface area contributed by atoms with E-state index in [0.717, 1.165) is 6.42 Å². The van der Waals surface area contributed by atoms with Crippen molar-refractivity contribution in [1.82, 2.24) is 9.88 Å². The summed E-state index contributed by atoms with van der Waals surface area (Å²) < 4.78 is 0.619. The maximum absolute atomic E-state index is 12.8. The van der Waals surface area contributed by atoms with E-state index >= 15 is 0 Å². The van der Waals surface area contributed by atoms with Gasteiger partial charge >= 0.3 is 0 Å². The second kappa shape index (κ2) is 7.35. The number of rotatable bonds is 4. The summed E-state index contributed by atoms with van der Waals surface area (Å²) in [7, 11) is 0. The molecule has 0 radical (unpaired) electrons. The van der Waals surface area contributed by atoms with Gasteiger partial charge in [-0.3, -0.25) is 19.7 Å². The van der Waals surface area contributed by atoms with Crippen molar-refractivity contribution >= 4 is 44.2 Å². The number of carbonyl (C=O) groups is 2. The average molecular weight is 396 g/mol. The first-order valence-electron chi connectivity index (χ1n) is 8.75. The van der Waals surface area contributed by atoms with Crippen LogP contribution in [0.5, 0.6) is 0 Å². The van der Waals surface area contributed by atoms with Gasteiger partial charge in [0.15, 0.2) is 5.13 Å². The number of hydrogen-bond acceptors (Lipinski definition) is 6. The third kappa shape index (κ3) is 3.44. The van der Waals surface area contributed by atoms with Gasteiger partial charge in [0.05, 0.1) is 15.1 Å². The van der Waals surface area contributed by atoms with Crippen molar-refractivity contribution in [3.63, 3.8) is 0 Å². The molecule has 0 spiro atoms. The molecule has 2 amide bonds. The van der Waals surface area contributed by atoms with Crippen LogP contribution in [0.15, 0.2) is 48.5 Å². The summed E-state index contributed by atoms with van der Waals surface area (Å²) in [5, 5.41) is 14.0. The Balaban J connectivity index is 1.52. The number of nitro benzene ring substituents is 1. The van der Waals surface area contributed by atoms with Gasteiger partial charge in [-0.25, -0.2) is 4.98 Å². The summed E-state index contributed by atoms with van der Waals surface area (Å²) in [6.45, 7) is 0.526. The fourth-order valence-electron chi connectivity index (χ4n) is 3.30. The third-order valence-corrected chi connectivity index (χ3v) is 5.58. The summed E-state index contributed by atoms with van der Waals surface area (Å²) in [5.41, 5.74) is 1.11. The molecular weight excluding hydrogens is 380 g/mol. The van der Waals surface area contributed by atoms with Crippen LogP contribution in [0.4, 0.5) is 10.8 Å². The number of non-ortho nitro benzene ring substituents is 1. The highest BCUT2D eigenvalue weighted by Gasteiger charge is 2.34. The maximum Gasteiger partial charge on any atom is 0.270 e. The van der Waals surface area contributed by atoms with Crippen LogP contribution in [0.25, 0.3) is 10.2 Å². The van der Waals surface area contributed by atoms with E-state index < -0.39 is 11.0 Å². The topological polar surface area (TPSA) is 105 Å². The van der Waals surface area contributed by atoms with E-state index in [4.69, 9.17) is 0 Å². The molecule has 1 atom stereocenters. The lowest BCUT2D eigenvalue weighted by atomic mass is 10.1. The monoisotopic (exact) mass is 396 g/mol. The zero-order valence-corrected chi connectivity index (χ0v) is 15.5. The minimum atomic E-state index is -0.561. The smallest absolute Gasteiger partial charge is 0.270 e. The Bertz CT molecular complexity index is 1070. The van der Waals surface area contributed by atoms with Crippen molar-refractivity contribution in [2.45, 2.75) is 18.9 Å². The summed E-state index contributed by atoms with van der Waals surface area (Å²) in [5.74, 6) is -0.464. The van der Waals surface area contributed by atoms with Gasteiger partial charge in [0, 0.05) is 24.2 Å². The Hall–Kier alpha value is -3.33. The van der Waals surface area contributed by atoms with Crippen molar-refractivity contribution in [2.75, 3.05) is 11.9 Å². The van der Waals surface area contributed by atoms with Crippen molar-refractivity contribution in [3.8, 4) is 0 Å². The number of thiazole rings is 1. The largest absolute Gasteiger partial charge is 0.327 e. The van der Waals surface area contributed by atoms with Crippen LogP contribution >= 0.6 is 11.3 Å². The van der Waals surface area contributed by atoms with Crippen LogP contribution in [0.2, 0.25) is 0 Å². The second-order valence-corrected chi connectivity index (χ2v) is 7.47. The molecule has 0 saturated carbocycles. The highest BCUT2D eigenvalue weighted by Crippen LogP contribution is 2.30. The number of carbonyl (C=O) groups excluding carboxylic acids is 2. The number of benzene rings is 2. The lowest BCUT2D eigenvalue weighted by Gasteiger charge is -2.23. The molecule has 28 heavy (non-hydrogen) atoms. The van der Waals surface area contributed by atoms with Gasteiger partial charge in [-0.05, 0) is 31.0 Å². The molecule has 1 saturated heterocycles. The molecule has 0 bridgehead atoms. The summed E-state index contributed by atoms with van der Waals surface area (Å²) in [6, 6.07) is 12.7. The van der Waals surface area contributed by atoms with Crippen LogP contribution in [-0.4, -0.2) is 39.2 Å². The molecule has 1 N–H and O–H groups in total. The fraction of sp³-hybridized carbons (Fsp3) is 0.211. The molecule has 8 nitrogen and oxygen atoms in total. The van der Waals surface area contributed by atoms with Gasteiger partial charge in [0.1, 0.15) is 6.04 Å². The quantitative estimate of drug-likeness (QED) is 0.537. The minimum absolute atomic E-state index is 0.0237. The van der Waals surface area contributed by atoms with E-state index in [1.807, 2.05) is 6.07 Å². The van der Waals surface area contributed by atoms with Gasteiger partial charge in [-0.15, -0.1) is 0 Å². The van der Waals surface area contributed by atoms with Crippen LogP contribution in [0.3, 0.4) is 0 Å². The molecule has 0 aliphatic carbocycles. The third-order valence-electron chi connectivity index (χ3n) is 4.65. The molecule has 2 aromatic carbocycles. The Kier molecular flexibility index (Phi) is 4.74. The van der Waals surface area contributed by atoms with E-state index in [-0.39, 0.29) is 17.5 Å². The van der Waals surface area contributed by atoms with Crippen molar-refractivity contribution < 1.29 is 14.5 Å². The van der Waals surface area contributed by atoms with Crippen LogP contribution in [0, 0.1) is 10.1 Å². The number of nitrogens with zero attached hydrogens (tertiary/aromatic N) is 3. The molecule has 4 rings (SSSR count). The molecule has 1 aromatic heterocycles. The number of hydrogen-bond donors (Lipinski definition) is 1. The molecule has 1 aliphatic heterocycles. The lowest BCUT2D eigenvalue weighted by Crippen LogP contribution is -2.43. The molecular formula is C19H16N4O4S. The molecule has 9 heteroatoms. The van der Waals surface area contributed by atoms with Gasteiger partial charge in [0.2, 0.25) is 5.91 Å². The predicted molar refractivity (Wildman–Crippen MR) is 105 cm³/mol. The van der Waals surface area contributed by atoms with Crippen molar-refractivity contribution in [1.29, 1.82) is 0 Å². The number of amides is 2. The Morgan fingerprint density at radius 3 is 2.75 bits per heavy atom. The number of nitro groups is 1. The average Bonchev–Trinajstić information content (AvgIpc) is 3.34. The van der Waals surface area contributed by atoms with Crippen LogP contribution < -0.4 is 5.32 Å². The van der Waals surface area contributed by atoms with Crippen molar-refractivity contribution in [3.05, 3.63) is 64.2 Å². The van der Waals surface area contributed by atoms with Gasteiger partial charge in [0.25, 0.3) is 11.6 Å². The molecule has 1 fully saturated rings. The van der Waals surface area contributed by atoms with E-state index in [1.165, 1.54) is 23.5 Å². The second-order valence-electron chi connectivity index (χ2n) is 6.44. The van der Waals surface area contributed by atoms with Gasteiger partial charge in [-0.2, -0.15) is 0 Å². The lowest BCUT2D eigenvalue weighted by molar-refractivity contribution is -0.384. The minimum Gasteiger partial charge on any atom is -0.327 e. The zero-order chi connectivity index (χ0) is 19.7. The zero-order valence-electron chi connectivity index (χ0n) is 14.7. The van der Waals surface area contributed by atoms with E-state index in [1.54, 1.807) is 35.2 Å². The normalized spacial score (nSPS) is 16.3. The van der Waals surface area contributed by atoms with E-state index in [0.29, 0.717) is 33.9 Å². The van der Waals surface area contributed by atoms with Crippen LogP contribution in [-0.2, 0) is 4.79 Å².